The van der Waals surface area contributed by atoms with Gasteiger partial charge in [0, 0.05) is 43.4 Å². The molecule has 28 heavy (non-hydrogen) atoms. The third-order valence-electron chi connectivity index (χ3n) is 4.53. The molecule has 0 saturated carbocycles. The van der Waals surface area contributed by atoms with Gasteiger partial charge in [0.2, 0.25) is 5.91 Å². The van der Waals surface area contributed by atoms with Crippen molar-refractivity contribution in [2.24, 2.45) is 0 Å². The fraction of sp³-hybridized carbons (Fsp3) is 0.261. The molecule has 0 fully saturated rings. The number of aryl methyl sites for hydroxylation is 1. The number of benzene rings is 2. The summed E-state index contributed by atoms with van der Waals surface area (Å²) in [5.41, 5.74) is 3.30. The van der Waals surface area contributed by atoms with Crippen molar-refractivity contribution in [3.63, 3.8) is 0 Å². The Hall–Kier alpha value is -3.05. The first-order chi connectivity index (χ1) is 13.7. The van der Waals surface area contributed by atoms with Gasteiger partial charge in [0.15, 0.2) is 0 Å². The molecule has 2 N–H and O–H groups in total. The minimum Gasteiger partial charge on any atom is -0.494 e. The van der Waals surface area contributed by atoms with Crippen molar-refractivity contribution in [1.29, 1.82) is 0 Å². The van der Waals surface area contributed by atoms with Crippen LogP contribution in [-0.2, 0) is 11.3 Å². The molecule has 5 nitrogen and oxygen atoms in total. The first kappa shape index (κ1) is 19.7. The average molecular weight is 378 g/mol. The summed E-state index contributed by atoms with van der Waals surface area (Å²) in [5.74, 6) is 0.641. The Bertz CT molecular complexity index is 942. The van der Waals surface area contributed by atoms with E-state index in [1.165, 1.54) is 16.6 Å². The Kier molecular flexibility index (Phi) is 6.87. The normalized spacial score (nSPS) is 11.2. The van der Waals surface area contributed by atoms with Gasteiger partial charge in [-0.2, -0.15) is 0 Å². The molecule has 1 heterocycles. The minimum absolute atomic E-state index is 0.114. The largest absolute Gasteiger partial charge is 0.494 e. The summed E-state index contributed by atoms with van der Waals surface area (Å²) < 4.78 is 7.71. The molecule has 0 spiro atoms. The van der Waals surface area contributed by atoms with Crippen LogP contribution in [0.25, 0.3) is 17.0 Å². The molecule has 0 aliphatic rings. The first-order valence-corrected chi connectivity index (χ1v) is 9.52. The second kappa shape index (κ2) is 9.76. The lowest BCUT2D eigenvalue weighted by atomic mass is 10.2. The number of ether oxygens (including phenoxy) is 1. The minimum atomic E-state index is -0.114. The standard InChI is InChI=1S/C23H26N2O3/c1-18-17-20-5-2-3-6-22(20)25(18)14-13-24-23(27)12-9-19-7-10-21(11-8-19)28-16-4-15-26/h2-3,5-12,17,26H,4,13-16H2,1H3,(H,24,27)/b12-9+. The Morgan fingerprint density at radius 1 is 1.18 bits per heavy atom. The van der Waals surface area contributed by atoms with Crippen LogP contribution in [0, 0.1) is 6.92 Å². The van der Waals surface area contributed by atoms with E-state index in [0.29, 0.717) is 19.6 Å². The topological polar surface area (TPSA) is 63.5 Å². The zero-order chi connectivity index (χ0) is 19.8. The van der Waals surface area contributed by atoms with Gasteiger partial charge in [-0.1, -0.05) is 30.3 Å². The van der Waals surface area contributed by atoms with Crippen LogP contribution >= 0.6 is 0 Å². The predicted molar refractivity (Wildman–Crippen MR) is 112 cm³/mol. The first-order valence-electron chi connectivity index (χ1n) is 9.52. The van der Waals surface area contributed by atoms with E-state index in [1.807, 2.05) is 36.4 Å². The van der Waals surface area contributed by atoms with Crippen molar-refractivity contribution < 1.29 is 14.6 Å². The number of hydrogen-bond acceptors (Lipinski definition) is 3. The molecule has 0 aliphatic heterocycles. The van der Waals surface area contributed by atoms with E-state index in [-0.39, 0.29) is 12.5 Å². The van der Waals surface area contributed by atoms with E-state index in [2.05, 4.69) is 35.0 Å². The third kappa shape index (κ3) is 5.24. The number of fused-ring (bicyclic) bond motifs is 1. The van der Waals surface area contributed by atoms with Crippen LogP contribution in [0.1, 0.15) is 17.7 Å². The molecular weight excluding hydrogens is 352 g/mol. The van der Waals surface area contributed by atoms with Crippen LogP contribution in [-0.4, -0.2) is 35.3 Å². The van der Waals surface area contributed by atoms with Crippen LogP contribution in [0.5, 0.6) is 5.75 Å². The van der Waals surface area contributed by atoms with Gasteiger partial charge < -0.3 is 19.7 Å². The number of rotatable bonds is 9. The Labute approximate surface area is 165 Å². The number of nitrogens with one attached hydrogen (secondary N) is 1. The molecule has 0 bridgehead atoms. The van der Waals surface area contributed by atoms with Gasteiger partial charge in [-0.3, -0.25) is 4.79 Å². The highest BCUT2D eigenvalue weighted by molar-refractivity contribution is 5.91. The number of nitrogens with zero attached hydrogens (tertiary/aromatic N) is 1. The van der Waals surface area contributed by atoms with Crippen LogP contribution in [0.2, 0.25) is 0 Å². The molecule has 1 aromatic heterocycles. The third-order valence-corrected chi connectivity index (χ3v) is 4.53. The van der Waals surface area contributed by atoms with E-state index >= 15 is 0 Å². The number of para-hydroxylation sites is 1. The summed E-state index contributed by atoms with van der Waals surface area (Å²) in [6.07, 6.45) is 3.94. The molecule has 3 rings (SSSR count). The maximum Gasteiger partial charge on any atom is 0.244 e. The van der Waals surface area contributed by atoms with Crippen LogP contribution in [0.4, 0.5) is 0 Å². The quantitative estimate of drug-likeness (QED) is 0.442. The maximum absolute atomic E-state index is 12.1. The smallest absolute Gasteiger partial charge is 0.244 e. The molecule has 1 amide bonds. The van der Waals surface area contributed by atoms with Gasteiger partial charge in [-0.05, 0) is 48.2 Å². The lowest BCUT2D eigenvalue weighted by Crippen LogP contribution is -2.25. The molecule has 0 saturated heterocycles. The molecule has 0 atom stereocenters. The second-order valence-corrected chi connectivity index (χ2v) is 6.62. The highest BCUT2D eigenvalue weighted by Crippen LogP contribution is 2.18. The molecule has 3 aromatic rings. The highest BCUT2D eigenvalue weighted by atomic mass is 16.5. The summed E-state index contributed by atoms with van der Waals surface area (Å²) in [4.78, 5) is 12.1. The Morgan fingerprint density at radius 3 is 2.75 bits per heavy atom. The zero-order valence-electron chi connectivity index (χ0n) is 16.1. The van der Waals surface area contributed by atoms with Gasteiger partial charge in [0.1, 0.15) is 5.75 Å². The molecule has 5 heteroatoms. The average Bonchev–Trinajstić information content (AvgIpc) is 3.03. The van der Waals surface area contributed by atoms with Gasteiger partial charge in [-0.15, -0.1) is 0 Å². The van der Waals surface area contributed by atoms with Crippen molar-refractivity contribution in [3.05, 3.63) is 71.9 Å². The second-order valence-electron chi connectivity index (χ2n) is 6.62. The van der Waals surface area contributed by atoms with Crippen LogP contribution in [0.15, 0.2) is 60.7 Å². The number of amides is 1. The monoisotopic (exact) mass is 378 g/mol. The van der Waals surface area contributed by atoms with E-state index in [1.54, 1.807) is 12.2 Å². The number of carbonyl (C=O) groups is 1. The number of hydrogen-bond donors (Lipinski definition) is 2. The Morgan fingerprint density at radius 2 is 1.96 bits per heavy atom. The van der Waals surface area contributed by atoms with E-state index in [4.69, 9.17) is 9.84 Å². The highest BCUT2D eigenvalue weighted by Gasteiger charge is 2.05. The fourth-order valence-electron chi connectivity index (χ4n) is 3.10. The summed E-state index contributed by atoms with van der Waals surface area (Å²) >= 11 is 0. The van der Waals surface area contributed by atoms with Gasteiger partial charge in [-0.25, -0.2) is 0 Å². The number of carbonyl (C=O) groups excluding carboxylic acids is 1. The zero-order valence-corrected chi connectivity index (χ0v) is 16.1. The van der Waals surface area contributed by atoms with Crippen molar-refractivity contribution in [3.8, 4) is 5.75 Å². The molecule has 0 aliphatic carbocycles. The van der Waals surface area contributed by atoms with Crippen LogP contribution < -0.4 is 10.1 Å². The van der Waals surface area contributed by atoms with Gasteiger partial charge in [0.25, 0.3) is 0 Å². The maximum atomic E-state index is 12.1. The summed E-state index contributed by atoms with van der Waals surface area (Å²) in [6, 6.07) is 17.9. The van der Waals surface area contributed by atoms with E-state index < -0.39 is 0 Å². The lowest BCUT2D eigenvalue weighted by Gasteiger charge is -2.08. The van der Waals surface area contributed by atoms with Crippen molar-refractivity contribution >= 4 is 22.9 Å². The summed E-state index contributed by atoms with van der Waals surface area (Å²) in [5, 5.41) is 12.9. The molecule has 146 valence electrons. The Balaban J connectivity index is 1.48. The summed E-state index contributed by atoms with van der Waals surface area (Å²) in [7, 11) is 0. The van der Waals surface area contributed by atoms with Crippen LogP contribution in [0.3, 0.4) is 0 Å². The van der Waals surface area contributed by atoms with Crippen molar-refractivity contribution in [2.75, 3.05) is 19.8 Å². The van der Waals surface area contributed by atoms with Gasteiger partial charge in [0.05, 0.1) is 6.61 Å². The molecule has 0 radical (unpaired) electrons. The lowest BCUT2D eigenvalue weighted by molar-refractivity contribution is -0.116. The van der Waals surface area contributed by atoms with Crippen molar-refractivity contribution in [2.45, 2.75) is 19.9 Å². The summed E-state index contributed by atoms with van der Waals surface area (Å²) in [6.45, 7) is 4.00. The molecular formula is C23H26N2O3. The van der Waals surface area contributed by atoms with Gasteiger partial charge >= 0.3 is 0 Å². The number of aliphatic hydroxyl groups is 1. The van der Waals surface area contributed by atoms with E-state index in [0.717, 1.165) is 17.9 Å². The van der Waals surface area contributed by atoms with E-state index in [9.17, 15) is 4.79 Å². The SMILES string of the molecule is Cc1cc2ccccc2n1CCNC(=O)/C=C/c1ccc(OCCCO)cc1. The van der Waals surface area contributed by atoms with Crippen molar-refractivity contribution in [1.82, 2.24) is 9.88 Å². The number of aromatic nitrogens is 1. The fourth-order valence-corrected chi connectivity index (χ4v) is 3.10. The molecule has 2 aromatic carbocycles. The predicted octanol–water partition coefficient (Wildman–Crippen LogP) is 3.54. The number of aliphatic hydroxyl groups excluding tert-OH is 1. The molecule has 0 unspecified atom stereocenters.